The summed E-state index contributed by atoms with van der Waals surface area (Å²) >= 11 is 0. The zero-order valence-corrected chi connectivity index (χ0v) is 19.4. The maximum Gasteiger partial charge on any atom is 0.339 e. The Morgan fingerprint density at radius 1 is 0.972 bits per heavy atom. The summed E-state index contributed by atoms with van der Waals surface area (Å²) in [5, 5.41) is 12.9. The van der Waals surface area contributed by atoms with E-state index in [0.29, 0.717) is 4.90 Å². The van der Waals surface area contributed by atoms with Crippen LogP contribution in [0.4, 0.5) is 16.2 Å². The van der Waals surface area contributed by atoms with Gasteiger partial charge in [-0.1, -0.05) is 29.8 Å². The van der Waals surface area contributed by atoms with Gasteiger partial charge < -0.3 is 4.18 Å². The van der Waals surface area contributed by atoms with Crippen LogP contribution in [0.25, 0.3) is 6.08 Å². The molecule has 36 heavy (non-hydrogen) atoms. The summed E-state index contributed by atoms with van der Waals surface area (Å²) in [5.74, 6) is -1.98. The van der Waals surface area contributed by atoms with Crippen LogP contribution in [-0.4, -0.2) is 31.2 Å². The first-order valence-electron chi connectivity index (χ1n) is 10.3. The van der Waals surface area contributed by atoms with Crippen LogP contribution >= 0.6 is 0 Å². The minimum absolute atomic E-state index is 0.0165. The number of aryl methyl sites for hydroxylation is 1. The second kappa shape index (κ2) is 9.43. The van der Waals surface area contributed by atoms with Crippen molar-refractivity contribution in [2.75, 3.05) is 4.90 Å². The van der Waals surface area contributed by atoms with Gasteiger partial charge in [0.25, 0.3) is 17.5 Å². The summed E-state index contributed by atoms with van der Waals surface area (Å²) in [4.78, 5) is 48.6. The van der Waals surface area contributed by atoms with Gasteiger partial charge in [-0.3, -0.25) is 25.0 Å². The topological polar surface area (TPSA) is 153 Å². The molecule has 1 saturated heterocycles. The molecule has 1 aliphatic heterocycles. The van der Waals surface area contributed by atoms with Crippen molar-refractivity contribution in [3.8, 4) is 5.75 Å². The molecule has 4 amide bonds. The molecule has 3 aromatic carbocycles. The zero-order valence-electron chi connectivity index (χ0n) is 18.6. The molecule has 1 aliphatic rings. The lowest BCUT2D eigenvalue weighted by Crippen LogP contribution is -2.54. The number of rotatable bonds is 6. The zero-order chi connectivity index (χ0) is 26.0. The monoisotopic (exact) mass is 507 g/mol. The number of barbiturate groups is 1. The molecule has 1 fully saturated rings. The highest BCUT2D eigenvalue weighted by molar-refractivity contribution is 7.87. The number of hydrogen-bond donors (Lipinski definition) is 1. The largest absolute Gasteiger partial charge is 0.379 e. The minimum atomic E-state index is -4.13. The number of imide groups is 2. The summed E-state index contributed by atoms with van der Waals surface area (Å²) in [5.41, 5.74) is 0.490. The molecule has 0 bridgehead atoms. The van der Waals surface area contributed by atoms with Gasteiger partial charge in [0.2, 0.25) is 0 Å². The van der Waals surface area contributed by atoms with Gasteiger partial charge in [0.15, 0.2) is 0 Å². The third-order valence-electron chi connectivity index (χ3n) is 5.11. The van der Waals surface area contributed by atoms with Gasteiger partial charge in [0.05, 0.1) is 10.6 Å². The average Bonchev–Trinajstić information content (AvgIpc) is 2.82. The molecule has 11 nitrogen and oxygen atoms in total. The summed E-state index contributed by atoms with van der Waals surface area (Å²) in [6.45, 7) is 1.81. The molecule has 0 spiro atoms. The molecule has 0 unspecified atom stereocenters. The molecule has 4 rings (SSSR count). The highest BCUT2D eigenvalue weighted by atomic mass is 32.2. The van der Waals surface area contributed by atoms with Gasteiger partial charge in [-0.05, 0) is 55.0 Å². The quantitative estimate of drug-likeness (QED) is 0.175. The van der Waals surface area contributed by atoms with Crippen LogP contribution in [0.15, 0.2) is 83.3 Å². The molecular weight excluding hydrogens is 490 g/mol. The first kappa shape index (κ1) is 24.3. The van der Waals surface area contributed by atoms with Crippen molar-refractivity contribution in [2.24, 2.45) is 0 Å². The molecule has 3 aromatic rings. The summed E-state index contributed by atoms with van der Waals surface area (Å²) in [7, 11) is -4.13. The van der Waals surface area contributed by atoms with Gasteiger partial charge >= 0.3 is 16.1 Å². The summed E-state index contributed by atoms with van der Waals surface area (Å²) in [6, 6.07) is 15.4. The highest BCUT2D eigenvalue weighted by Crippen LogP contribution is 2.26. The molecule has 12 heteroatoms. The Labute approximate surface area is 204 Å². The number of carbonyl (C=O) groups is 3. The van der Waals surface area contributed by atoms with E-state index in [4.69, 9.17) is 4.18 Å². The molecule has 0 aromatic heterocycles. The van der Waals surface area contributed by atoms with Crippen molar-refractivity contribution in [1.82, 2.24) is 5.32 Å². The fourth-order valence-electron chi connectivity index (χ4n) is 3.32. The van der Waals surface area contributed by atoms with Crippen LogP contribution in [0, 0.1) is 17.0 Å². The number of urea groups is 1. The van der Waals surface area contributed by atoms with Crippen molar-refractivity contribution in [1.29, 1.82) is 0 Å². The second-order valence-electron chi connectivity index (χ2n) is 7.65. The number of nitrogens with zero attached hydrogens (tertiary/aromatic N) is 2. The predicted octanol–water partition coefficient (Wildman–Crippen LogP) is 3.34. The molecular formula is C24H17N3O8S. The van der Waals surface area contributed by atoms with Gasteiger partial charge in [0, 0.05) is 12.1 Å². The molecule has 0 saturated carbocycles. The number of anilines is 1. The van der Waals surface area contributed by atoms with E-state index in [-0.39, 0.29) is 27.6 Å². The molecule has 0 atom stereocenters. The Bertz CT molecular complexity index is 1530. The smallest absolute Gasteiger partial charge is 0.339 e. The fourth-order valence-corrected chi connectivity index (χ4v) is 4.24. The number of nitro benzene ring substituents is 1. The van der Waals surface area contributed by atoms with Crippen molar-refractivity contribution < 1.29 is 31.9 Å². The Balaban J connectivity index is 1.62. The number of amides is 4. The summed E-state index contributed by atoms with van der Waals surface area (Å²) < 4.78 is 30.3. The number of nitro groups is 1. The SMILES string of the molecule is Cc1ccc(S(=O)(=O)Oc2cccc(/C=C3/C(=O)NC(=O)N(c4ccc([N+](=O)[O-])cc4)C3=O)c2)cc1. The van der Waals surface area contributed by atoms with Crippen molar-refractivity contribution in [3.63, 3.8) is 0 Å². The van der Waals surface area contributed by atoms with Gasteiger partial charge in [0.1, 0.15) is 16.2 Å². The van der Waals surface area contributed by atoms with E-state index in [2.05, 4.69) is 0 Å². The third-order valence-corrected chi connectivity index (χ3v) is 6.37. The van der Waals surface area contributed by atoms with E-state index < -0.39 is 38.5 Å². The Morgan fingerprint density at radius 2 is 1.64 bits per heavy atom. The Hall–Kier alpha value is -4.84. The maximum absolute atomic E-state index is 13.0. The lowest BCUT2D eigenvalue weighted by molar-refractivity contribution is -0.384. The van der Waals surface area contributed by atoms with E-state index in [0.717, 1.165) is 17.7 Å². The lowest BCUT2D eigenvalue weighted by atomic mass is 10.1. The van der Waals surface area contributed by atoms with Crippen molar-refractivity contribution in [3.05, 3.63) is 99.6 Å². The van der Waals surface area contributed by atoms with Crippen LogP contribution < -0.4 is 14.4 Å². The number of hydrogen-bond acceptors (Lipinski definition) is 8. The normalized spacial score (nSPS) is 15.1. The van der Waals surface area contributed by atoms with Crippen LogP contribution in [0.2, 0.25) is 0 Å². The third kappa shape index (κ3) is 4.98. The fraction of sp³-hybridized carbons (Fsp3) is 0.0417. The van der Waals surface area contributed by atoms with Crippen LogP contribution in [-0.2, 0) is 19.7 Å². The molecule has 0 aliphatic carbocycles. The van der Waals surface area contributed by atoms with Gasteiger partial charge in [-0.2, -0.15) is 8.42 Å². The minimum Gasteiger partial charge on any atom is -0.379 e. The van der Waals surface area contributed by atoms with E-state index in [9.17, 15) is 32.9 Å². The highest BCUT2D eigenvalue weighted by Gasteiger charge is 2.37. The number of nitrogens with one attached hydrogen (secondary N) is 1. The van der Waals surface area contributed by atoms with E-state index >= 15 is 0 Å². The van der Waals surface area contributed by atoms with Gasteiger partial charge in [-0.15, -0.1) is 0 Å². The van der Waals surface area contributed by atoms with Crippen LogP contribution in [0.1, 0.15) is 11.1 Å². The number of benzene rings is 3. The molecule has 182 valence electrons. The van der Waals surface area contributed by atoms with Crippen LogP contribution in [0.5, 0.6) is 5.75 Å². The maximum atomic E-state index is 13.0. The van der Waals surface area contributed by atoms with Crippen molar-refractivity contribution >= 4 is 45.4 Å². The van der Waals surface area contributed by atoms with Gasteiger partial charge in [-0.25, -0.2) is 9.69 Å². The Kier molecular flexibility index (Phi) is 6.36. The Morgan fingerprint density at radius 3 is 2.28 bits per heavy atom. The standard InChI is InChI=1S/C24H17N3O8S/c1-15-5-11-20(12-6-15)36(33,34)35-19-4-2-3-16(13-19)14-21-22(28)25-24(30)26(23(21)29)17-7-9-18(10-8-17)27(31)32/h2-14H,1H3,(H,25,28,30)/b21-14-. The van der Waals surface area contributed by atoms with Crippen molar-refractivity contribution in [2.45, 2.75) is 11.8 Å². The predicted molar refractivity (Wildman–Crippen MR) is 128 cm³/mol. The average molecular weight is 507 g/mol. The number of non-ortho nitro benzene ring substituents is 1. The van der Waals surface area contributed by atoms with E-state index in [1.807, 2.05) is 12.2 Å². The first-order chi connectivity index (χ1) is 17.0. The molecule has 1 heterocycles. The first-order valence-corrected chi connectivity index (χ1v) is 11.7. The summed E-state index contributed by atoms with van der Waals surface area (Å²) in [6.07, 6.45) is 1.17. The van der Waals surface area contributed by atoms with E-state index in [1.54, 1.807) is 12.1 Å². The van der Waals surface area contributed by atoms with E-state index in [1.165, 1.54) is 54.6 Å². The molecule has 1 N–H and O–H groups in total. The second-order valence-corrected chi connectivity index (χ2v) is 9.20. The number of carbonyl (C=O) groups excluding carboxylic acids is 3. The van der Waals surface area contributed by atoms with Crippen LogP contribution in [0.3, 0.4) is 0 Å². The molecule has 0 radical (unpaired) electrons. The lowest BCUT2D eigenvalue weighted by Gasteiger charge is -2.26.